The maximum atomic E-state index is 13.1. The van der Waals surface area contributed by atoms with Crippen LogP contribution in [-0.4, -0.2) is 56.8 Å². The number of carbonyl (C=O) groups is 1. The van der Waals surface area contributed by atoms with E-state index in [1.165, 1.54) is 6.07 Å². The first-order valence-electron chi connectivity index (χ1n) is 10.6. The molecule has 32 heavy (non-hydrogen) atoms. The number of piperazine rings is 1. The van der Waals surface area contributed by atoms with E-state index in [9.17, 15) is 20.2 Å². The predicted octanol–water partition coefficient (Wildman–Crippen LogP) is 2.10. The summed E-state index contributed by atoms with van der Waals surface area (Å²) in [5.41, 5.74) is 3.25. The Balaban J connectivity index is 1.67. The van der Waals surface area contributed by atoms with Crippen molar-refractivity contribution in [3.05, 3.63) is 63.7 Å². The summed E-state index contributed by atoms with van der Waals surface area (Å²) in [7, 11) is 1.58. The van der Waals surface area contributed by atoms with Gasteiger partial charge in [-0.25, -0.2) is 0 Å². The number of nitrogens with zero attached hydrogens (tertiary/aromatic N) is 4. The number of fused-ring (bicyclic) bond motifs is 3. The predicted molar refractivity (Wildman–Crippen MR) is 120 cm³/mol. The lowest BCUT2D eigenvalue weighted by atomic mass is 9.83. The molecule has 2 aliphatic heterocycles. The van der Waals surface area contributed by atoms with E-state index in [1.807, 2.05) is 18.2 Å². The van der Waals surface area contributed by atoms with E-state index < -0.39 is 4.92 Å². The smallest absolute Gasteiger partial charge is 0.269 e. The van der Waals surface area contributed by atoms with Crippen molar-refractivity contribution in [1.29, 1.82) is 5.26 Å². The summed E-state index contributed by atoms with van der Waals surface area (Å²) in [6, 6.07) is 14.5. The van der Waals surface area contributed by atoms with Crippen LogP contribution in [0.1, 0.15) is 11.1 Å². The van der Waals surface area contributed by atoms with Crippen LogP contribution >= 0.6 is 0 Å². The number of rotatable bonds is 6. The van der Waals surface area contributed by atoms with Gasteiger partial charge in [-0.15, -0.1) is 0 Å². The Bertz CT molecular complexity index is 1070. The number of benzene rings is 2. The number of nitriles is 1. The minimum atomic E-state index is -0.406. The quantitative estimate of drug-likeness (QED) is 0.420. The molecule has 0 radical (unpaired) electrons. The first-order chi connectivity index (χ1) is 15.5. The van der Waals surface area contributed by atoms with Crippen molar-refractivity contribution in [2.24, 2.45) is 5.92 Å². The van der Waals surface area contributed by atoms with Crippen LogP contribution in [-0.2, 0) is 16.0 Å². The average molecular weight is 435 g/mol. The zero-order valence-electron chi connectivity index (χ0n) is 17.9. The van der Waals surface area contributed by atoms with Crippen molar-refractivity contribution in [3.63, 3.8) is 0 Å². The van der Waals surface area contributed by atoms with Gasteiger partial charge in [0.25, 0.3) is 5.69 Å². The highest BCUT2D eigenvalue weighted by molar-refractivity contribution is 5.82. The summed E-state index contributed by atoms with van der Waals surface area (Å²) in [5.74, 6) is -0.469. The minimum Gasteiger partial charge on any atom is -0.383 e. The molecule has 0 spiro atoms. The fourth-order valence-corrected chi connectivity index (χ4v) is 4.69. The lowest BCUT2D eigenvalue weighted by Crippen LogP contribution is -2.61. The number of hydrogen-bond donors (Lipinski definition) is 1. The molecule has 0 aromatic heterocycles. The molecule has 0 saturated carbocycles. The average Bonchev–Trinajstić information content (AvgIpc) is 2.82. The Hall–Kier alpha value is -3.64. The second kappa shape index (κ2) is 9.24. The zero-order chi connectivity index (χ0) is 22.7. The van der Waals surface area contributed by atoms with Crippen LogP contribution < -0.4 is 15.1 Å². The standard InChI is InChI=1S/C23H25N5O4/c1-32-11-8-25-23(29)19-13-17-12-18(28(30)31)6-7-21(17)27-10-9-26(15-22(19)27)20-5-3-2-4-16(20)14-24/h2-7,12,19,22H,8-11,13,15H2,1H3,(H,25,29)/t19-,22+/m0/s1. The van der Waals surface area contributed by atoms with Crippen LogP contribution in [0.4, 0.5) is 17.1 Å². The molecule has 2 aromatic carbocycles. The fraction of sp³-hybridized carbons (Fsp3) is 0.391. The number of nitro groups is 1. The van der Waals surface area contributed by atoms with Crippen molar-refractivity contribution >= 4 is 23.0 Å². The van der Waals surface area contributed by atoms with Gasteiger partial charge in [0.2, 0.25) is 5.91 Å². The third-order valence-corrected chi connectivity index (χ3v) is 6.21. The summed E-state index contributed by atoms with van der Waals surface area (Å²) in [6.45, 7) is 2.73. The van der Waals surface area contributed by atoms with Crippen molar-refractivity contribution in [1.82, 2.24) is 5.32 Å². The van der Waals surface area contributed by atoms with Gasteiger partial charge < -0.3 is 19.9 Å². The van der Waals surface area contributed by atoms with E-state index in [-0.39, 0.29) is 23.6 Å². The number of methoxy groups -OCH3 is 1. The second-order valence-corrected chi connectivity index (χ2v) is 8.00. The first-order valence-corrected chi connectivity index (χ1v) is 10.6. The molecule has 2 atom stereocenters. The third kappa shape index (κ3) is 4.09. The molecule has 1 amide bonds. The third-order valence-electron chi connectivity index (χ3n) is 6.21. The Labute approximate surface area is 186 Å². The molecule has 0 aliphatic carbocycles. The molecule has 2 heterocycles. The van der Waals surface area contributed by atoms with Crippen LogP contribution in [0.2, 0.25) is 0 Å². The molecule has 0 bridgehead atoms. The van der Waals surface area contributed by atoms with Crippen LogP contribution in [0.15, 0.2) is 42.5 Å². The Kier molecular flexibility index (Phi) is 6.23. The zero-order valence-corrected chi connectivity index (χ0v) is 17.9. The number of amides is 1. The summed E-state index contributed by atoms with van der Waals surface area (Å²) >= 11 is 0. The second-order valence-electron chi connectivity index (χ2n) is 8.00. The highest BCUT2D eigenvalue weighted by atomic mass is 16.6. The number of hydrogen-bond acceptors (Lipinski definition) is 7. The fourth-order valence-electron chi connectivity index (χ4n) is 4.69. The van der Waals surface area contributed by atoms with Crippen LogP contribution in [0.3, 0.4) is 0 Å². The van der Waals surface area contributed by atoms with E-state index >= 15 is 0 Å². The maximum absolute atomic E-state index is 13.1. The van der Waals surface area contributed by atoms with Gasteiger partial charge in [0.15, 0.2) is 0 Å². The first kappa shape index (κ1) is 21.6. The number of non-ortho nitro benzene ring substituents is 1. The number of ether oxygens (including phenoxy) is 1. The molecule has 1 saturated heterocycles. The Morgan fingerprint density at radius 3 is 2.84 bits per heavy atom. The number of anilines is 2. The van der Waals surface area contributed by atoms with E-state index in [0.29, 0.717) is 44.8 Å². The Morgan fingerprint density at radius 1 is 1.28 bits per heavy atom. The van der Waals surface area contributed by atoms with Gasteiger partial charge >= 0.3 is 0 Å². The summed E-state index contributed by atoms with van der Waals surface area (Å²) < 4.78 is 5.05. The monoisotopic (exact) mass is 435 g/mol. The summed E-state index contributed by atoms with van der Waals surface area (Å²) in [6.07, 6.45) is 0.421. The topological polar surface area (TPSA) is 112 Å². The molecule has 4 rings (SSSR count). The number of nitro benzene ring substituents is 1. The maximum Gasteiger partial charge on any atom is 0.269 e. The van der Waals surface area contributed by atoms with Gasteiger partial charge in [0, 0.05) is 51.1 Å². The number of nitrogens with one attached hydrogen (secondary N) is 1. The van der Waals surface area contributed by atoms with E-state index in [2.05, 4.69) is 21.2 Å². The highest BCUT2D eigenvalue weighted by Gasteiger charge is 2.42. The van der Waals surface area contributed by atoms with Crippen LogP contribution in [0.25, 0.3) is 0 Å². The SMILES string of the molecule is COCCNC(=O)[C@H]1Cc2cc([N+](=O)[O-])ccc2N2CCN(c3ccccc3C#N)C[C@H]12. The Morgan fingerprint density at radius 2 is 2.09 bits per heavy atom. The van der Waals surface area contributed by atoms with E-state index in [1.54, 1.807) is 25.3 Å². The molecule has 166 valence electrons. The molecular formula is C23H25N5O4. The summed E-state index contributed by atoms with van der Waals surface area (Å²) in [4.78, 5) is 28.4. The van der Waals surface area contributed by atoms with E-state index in [4.69, 9.17) is 4.74 Å². The number of carbonyl (C=O) groups excluding carboxylic acids is 1. The van der Waals surface area contributed by atoms with Gasteiger partial charge in [-0.1, -0.05) is 12.1 Å². The molecule has 2 aliphatic rings. The van der Waals surface area contributed by atoms with Crippen molar-refractivity contribution in [3.8, 4) is 6.07 Å². The molecule has 0 unspecified atom stereocenters. The highest BCUT2D eigenvalue weighted by Crippen LogP contribution is 2.39. The van der Waals surface area contributed by atoms with Crippen LogP contribution in [0.5, 0.6) is 0 Å². The molecule has 2 aromatic rings. The largest absolute Gasteiger partial charge is 0.383 e. The number of para-hydroxylation sites is 1. The molecule has 9 nitrogen and oxygen atoms in total. The molecule has 1 fully saturated rings. The van der Waals surface area contributed by atoms with Crippen LogP contribution in [0, 0.1) is 27.4 Å². The van der Waals surface area contributed by atoms with Gasteiger partial charge in [-0.2, -0.15) is 5.26 Å². The van der Waals surface area contributed by atoms with E-state index in [0.717, 1.165) is 16.9 Å². The van der Waals surface area contributed by atoms with Crippen molar-refractivity contribution in [2.45, 2.75) is 12.5 Å². The molecule has 9 heteroatoms. The normalized spacial score (nSPS) is 19.5. The lowest BCUT2D eigenvalue weighted by molar-refractivity contribution is -0.384. The van der Waals surface area contributed by atoms with Crippen molar-refractivity contribution in [2.75, 3.05) is 49.7 Å². The summed E-state index contributed by atoms with van der Waals surface area (Å²) in [5, 5.41) is 23.7. The molecule has 1 N–H and O–H groups in total. The van der Waals surface area contributed by atoms with Gasteiger partial charge in [-0.05, 0) is 30.2 Å². The van der Waals surface area contributed by atoms with Gasteiger partial charge in [0.1, 0.15) is 6.07 Å². The van der Waals surface area contributed by atoms with Crippen molar-refractivity contribution < 1.29 is 14.5 Å². The van der Waals surface area contributed by atoms with Gasteiger partial charge in [0.05, 0.1) is 34.7 Å². The van der Waals surface area contributed by atoms with Gasteiger partial charge in [-0.3, -0.25) is 14.9 Å². The lowest BCUT2D eigenvalue weighted by Gasteiger charge is -2.49. The molecular weight excluding hydrogens is 410 g/mol. The minimum absolute atomic E-state index is 0.0299.